The fourth-order valence-electron chi connectivity index (χ4n) is 3.74. The van der Waals surface area contributed by atoms with Crippen molar-refractivity contribution in [1.82, 2.24) is 9.80 Å². The number of carbonyl (C=O) groups excluding carboxylic acids is 1. The van der Waals surface area contributed by atoms with Crippen molar-refractivity contribution in [3.63, 3.8) is 0 Å². The molecule has 3 heteroatoms. The Morgan fingerprint density at radius 1 is 0.950 bits per heavy atom. The topological polar surface area (TPSA) is 23.6 Å². The lowest BCUT2D eigenvalue weighted by Crippen LogP contribution is -2.38. The Morgan fingerprint density at radius 3 is 1.95 bits per heavy atom. The molecule has 0 unspecified atom stereocenters. The lowest BCUT2D eigenvalue weighted by molar-refractivity contribution is -0.132. The van der Waals surface area contributed by atoms with Crippen LogP contribution < -0.4 is 0 Å². The van der Waals surface area contributed by atoms with Crippen LogP contribution in [-0.2, 0) is 4.79 Å². The molecular formula is C17H32N2O. The summed E-state index contributed by atoms with van der Waals surface area (Å²) < 4.78 is 0. The summed E-state index contributed by atoms with van der Waals surface area (Å²) >= 11 is 0. The zero-order valence-electron chi connectivity index (χ0n) is 13.4. The van der Waals surface area contributed by atoms with E-state index in [0.717, 1.165) is 24.9 Å². The standard InChI is InChI=1S/C17H32N2O/c1-3-17(20)19-13-9-16(10-14-19)6-4-5-15-7-11-18(2)12-8-15/h15-16H,3-14H2,1-2H3. The summed E-state index contributed by atoms with van der Waals surface area (Å²) in [5.41, 5.74) is 0. The smallest absolute Gasteiger partial charge is 0.222 e. The van der Waals surface area contributed by atoms with Crippen molar-refractivity contribution in [3.8, 4) is 0 Å². The number of piperidine rings is 2. The predicted octanol–water partition coefficient (Wildman–Crippen LogP) is 3.15. The third-order valence-electron chi connectivity index (χ3n) is 5.33. The molecular weight excluding hydrogens is 248 g/mol. The highest BCUT2D eigenvalue weighted by atomic mass is 16.2. The van der Waals surface area contributed by atoms with Crippen molar-refractivity contribution in [1.29, 1.82) is 0 Å². The first-order valence-corrected chi connectivity index (χ1v) is 8.65. The maximum Gasteiger partial charge on any atom is 0.222 e. The average Bonchev–Trinajstić information content (AvgIpc) is 2.49. The quantitative estimate of drug-likeness (QED) is 0.772. The highest BCUT2D eigenvalue weighted by Crippen LogP contribution is 2.27. The lowest BCUT2D eigenvalue weighted by atomic mass is 9.87. The second-order valence-corrected chi connectivity index (χ2v) is 6.86. The summed E-state index contributed by atoms with van der Waals surface area (Å²) in [5, 5.41) is 0. The molecule has 1 amide bonds. The van der Waals surface area contributed by atoms with Crippen molar-refractivity contribution in [2.24, 2.45) is 11.8 Å². The van der Waals surface area contributed by atoms with E-state index < -0.39 is 0 Å². The first kappa shape index (κ1) is 15.8. The van der Waals surface area contributed by atoms with Crippen LogP contribution in [0, 0.1) is 11.8 Å². The largest absolute Gasteiger partial charge is 0.343 e. The molecule has 0 aliphatic carbocycles. The zero-order chi connectivity index (χ0) is 14.4. The van der Waals surface area contributed by atoms with Gasteiger partial charge in [0.25, 0.3) is 0 Å². The van der Waals surface area contributed by atoms with Crippen LogP contribution in [0.25, 0.3) is 0 Å². The van der Waals surface area contributed by atoms with E-state index in [-0.39, 0.29) is 0 Å². The van der Waals surface area contributed by atoms with Crippen molar-refractivity contribution >= 4 is 5.91 Å². The highest BCUT2D eigenvalue weighted by Gasteiger charge is 2.22. The number of amides is 1. The van der Waals surface area contributed by atoms with Gasteiger partial charge in [-0.3, -0.25) is 4.79 Å². The Morgan fingerprint density at radius 2 is 1.45 bits per heavy atom. The van der Waals surface area contributed by atoms with Gasteiger partial charge in [-0.15, -0.1) is 0 Å². The Hall–Kier alpha value is -0.570. The van der Waals surface area contributed by atoms with E-state index in [2.05, 4.69) is 16.8 Å². The number of hydrogen-bond donors (Lipinski definition) is 0. The summed E-state index contributed by atoms with van der Waals surface area (Å²) in [6.45, 7) is 6.57. The van der Waals surface area contributed by atoms with Gasteiger partial charge in [-0.1, -0.05) is 26.2 Å². The van der Waals surface area contributed by atoms with Crippen molar-refractivity contribution < 1.29 is 4.79 Å². The van der Waals surface area contributed by atoms with Crippen LogP contribution in [0.15, 0.2) is 0 Å². The summed E-state index contributed by atoms with van der Waals surface area (Å²) in [6.07, 6.45) is 10.2. The van der Waals surface area contributed by atoms with Crippen LogP contribution in [0.3, 0.4) is 0 Å². The van der Waals surface area contributed by atoms with Gasteiger partial charge in [0.2, 0.25) is 5.91 Å². The molecule has 0 aromatic rings. The average molecular weight is 280 g/mol. The predicted molar refractivity (Wildman–Crippen MR) is 83.7 cm³/mol. The molecule has 0 N–H and O–H groups in total. The summed E-state index contributed by atoms with van der Waals surface area (Å²) in [6, 6.07) is 0. The Kier molecular flexibility index (Phi) is 6.34. The molecule has 0 spiro atoms. The van der Waals surface area contributed by atoms with E-state index in [1.807, 2.05) is 6.92 Å². The minimum Gasteiger partial charge on any atom is -0.343 e. The maximum absolute atomic E-state index is 11.6. The molecule has 0 aromatic carbocycles. The highest BCUT2D eigenvalue weighted by molar-refractivity contribution is 5.75. The van der Waals surface area contributed by atoms with Crippen LogP contribution in [0.1, 0.15) is 58.3 Å². The fourth-order valence-corrected chi connectivity index (χ4v) is 3.74. The third kappa shape index (κ3) is 4.76. The lowest BCUT2D eigenvalue weighted by Gasteiger charge is -2.32. The number of nitrogens with zero attached hydrogens (tertiary/aromatic N) is 2. The van der Waals surface area contributed by atoms with Gasteiger partial charge >= 0.3 is 0 Å². The molecule has 0 aromatic heterocycles. The third-order valence-corrected chi connectivity index (χ3v) is 5.33. The summed E-state index contributed by atoms with van der Waals surface area (Å²) in [5.74, 6) is 2.20. The first-order chi connectivity index (χ1) is 9.69. The van der Waals surface area contributed by atoms with Gasteiger partial charge < -0.3 is 9.80 Å². The van der Waals surface area contributed by atoms with Crippen LogP contribution in [0.5, 0.6) is 0 Å². The Labute approximate surface area is 124 Å². The first-order valence-electron chi connectivity index (χ1n) is 8.65. The molecule has 2 rings (SSSR count). The molecule has 2 aliphatic rings. The zero-order valence-corrected chi connectivity index (χ0v) is 13.4. The van der Waals surface area contributed by atoms with Crippen LogP contribution in [-0.4, -0.2) is 48.9 Å². The van der Waals surface area contributed by atoms with E-state index in [1.54, 1.807) is 0 Å². The van der Waals surface area contributed by atoms with Gasteiger partial charge in [-0.25, -0.2) is 0 Å². The van der Waals surface area contributed by atoms with Crippen molar-refractivity contribution in [2.45, 2.75) is 58.3 Å². The molecule has 20 heavy (non-hydrogen) atoms. The van der Waals surface area contributed by atoms with Gasteiger partial charge in [-0.05, 0) is 57.7 Å². The molecule has 0 atom stereocenters. The summed E-state index contributed by atoms with van der Waals surface area (Å²) in [4.78, 5) is 16.2. The molecule has 3 nitrogen and oxygen atoms in total. The Balaban J connectivity index is 1.56. The van der Waals surface area contributed by atoms with E-state index in [4.69, 9.17) is 0 Å². The molecule has 0 bridgehead atoms. The monoisotopic (exact) mass is 280 g/mol. The van der Waals surface area contributed by atoms with E-state index in [9.17, 15) is 4.79 Å². The molecule has 2 saturated heterocycles. The van der Waals surface area contributed by atoms with Crippen LogP contribution in [0.2, 0.25) is 0 Å². The molecule has 2 heterocycles. The van der Waals surface area contributed by atoms with Gasteiger partial charge in [-0.2, -0.15) is 0 Å². The van der Waals surface area contributed by atoms with Gasteiger partial charge in [0, 0.05) is 19.5 Å². The van der Waals surface area contributed by atoms with Gasteiger partial charge in [0.05, 0.1) is 0 Å². The van der Waals surface area contributed by atoms with Crippen LogP contribution >= 0.6 is 0 Å². The number of rotatable bonds is 5. The number of likely N-dealkylation sites (tertiary alicyclic amines) is 2. The van der Waals surface area contributed by atoms with Gasteiger partial charge in [0.1, 0.15) is 0 Å². The normalized spacial score (nSPS) is 23.2. The number of hydrogen-bond acceptors (Lipinski definition) is 2. The van der Waals surface area contributed by atoms with E-state index in [0.29, 0.717) is 12.3 Å². The molecule has 116 valence electrons. The molecule has 0 radical (unpaired) electrons. The van der Waals surface area contributed by atoms with E-state index >= 15 is 0 Å². The second-order valence-electron chi connectivity index (χ2n) is 6.86. The fraction of sp³-hybridized carbons (Fsp3) is 0.941. The SMILES string of the molecule is CCC(=O)N1CCC(CCCC2CCN(C)CC2)CC1. The van der Waals surface area contributed by atoms with Crippen LogP contribution in [0.4, 0.5) is 0 Å². The minimum atomic E-state index is 0.342. The molecule has 2 fully saturated rings. The summed E-state index contributed by atoms with van der Waals surface area (Å²) in [7, 11) is 2.24. The number of carbonyl (C=O) groups is 1. The van der Waals surface area contributed by atoms with Gasteiger partial charge in [0.15, 0.2) is 0 Å². The van der Waals surface area contributed by atoms with E-state index in [1.165, 1.54) is 58.0 Å². The Bertz CT molecular complexity index is 289. The molecule has 2 aliphatic heterocycles. The maximum atomic E-state index is 11.6. The minimum absolute atomic E-state index is 0.342. The molecule has 0 saturated carbocycles. The van der Waals surface area contributed by atoms with Crippen molar-refractivity contribution in [2.75, 3.05) is 33.2 Å². The second kappa shape index (κ2) is 8.02. The van der Waals surface area contributed by atoms with Crippen molar-refractivity contribution in [3.05, 3.63) is 0 Å².